The number of ether oxygens (including phenoxy) is 1. The van der Waals surface area contributed by atoms with E-state index < -0.39 is 0 Å². The van der Waals surface area contributed by atoms with Crippen LogP contribution in [0.15, 0.2) is 53.7 Å². The normalized spacial score (nSPS) is 10.5. The summed E-state index contributed by atoms with van der Waals surface area (Å²) < 4.78 is 18.0. The Morgan fingerprint density at radius 3 is 2.62 bits per heavy atom. The van der Waals surface area contributed by atoms with E-state index in [-0.39, 0.29) is 18.3 Å². The number of halogens is 1. The number of H-pyrrole nitrogens is 1. The molecule has 0 aliphatic rings. The van der Waals surface area contributed by atoms with Gasteiger partial charge in [0.05, 0.1) is 13.7 Å². The summed E-state index contributed by atoms with van der Waals surface area (Å²) in [5.74, 6) is 1.43. The van der Waals surface area contributed by atoms with E-state index >= 15 is 0 Å². The minimum atomic E-state index is -0.258. The molecule has 1 amide bonds. The van der Waals surface area contributed by atoms with Crippen LogP contribution >= 0.6 is 11.8 Å². The van der Waals surface area contributed by atoms with Crippen molar-refractivity contribution in [2.45, 2.75) is 17.5 Å². The number of aromatic amines is 1. The number of methoxy groups -OCH3 is 1. The van der Waals surface area contributed by atoms with Crippen LogP contribution in [0, 0.1) is 5.82 Å². The molecule has 26 heavy (non-hydrogen) atoms. The molecule has 0 saturated carbocycles. The number of thioether (sulfide) groups is 1. The molecule has 0 aliphatic carbocycles. The van der Waals surface area contributed by atoms with Crippen molar-refractivity contribution < 1.29 is 13.9 Å². The third kappa shape index (κ3) is 4.82. The smallest absolute Gasteiger partial charge is 0.251 e. The number of nitrogens with zero attached hydrogens (tertiary/aromatic N) is 2. The molecule has 0 aliphatic heterocycles. The number of rotatable bonds is 7. The second-order valence-electron chi connectivity index (χ2n) is 5.39. The third-order valence-corrected chi connectivity index (χ3v) is 4.48. The summed E-state index contributed by atoms with van der Waals surface area (Å²) in [4.78, 5) is 16.4. The molecule has 0 radical (unpaired) electrons. The zero-order valence-electron chi connectivity index (χ0n) is 14.0. The Kier molecular flexibility index (Phi) is 5.85. The Labute approximate surface area is 154 Å². The van der Waals surface area contributed by atoms with Gasteiger partial charge in [0.25, 0.3) is 5.91 Å². The number of nitrogens with one attached hydrogen (secondary N) is 2. The number of hydrogen-bond donors (Lipinski definition) is 2. The molecular formula is C18H17FN4O2S. The van der Waals surface area contributed by atoms with Gasteiger partial charge in [0, 0.05) is 11.3 Å². The molecule has 1 aromatic heterocycles. The molecule has 2 aromatic carbocycles. The number of carbonyl (C=O) groups is 1. The Hall–Kier alpha value is -2.87. The predicted molar refractivity (Wildman–Crippen MR) is 96.5 cm³/mol. The highest BCUT2D eigenvalue weighted by Crippen LogP contribution is 2.19. The lowest BCUT2D eigenvalue weighted by molar-refractivity contribution is 0.0950. The molecule has 0 fully saturated rings. The molecule has 0 unspecified atom stereocenters. The van der Waals surface area contributed by atoms with Crippen molar-refractivity contribution in [1.29, 1.82) is 0 Å². The molecule has 0 atom stereocenters. The highest BCUT2D eigenvalue weighted by molar-refractivity contribution is 7.98. The van der Waals surface area contributed by atoms with Gasteiger partial charge in [0.1, 0.15) is 17.4 Å². The minimum absolute atomic E-state index is 0.204. The van der Waals surface area contributed by atoms with Crippen LogP contribution in [0.5, 0.6) is 5.75 Å². The van der Waals surface area contributed by atoms with Gasteiger partial charge >= 0.3 is 0 Å². The highest BCUT2D eigenvalue weighted by atomic mass is 32.2. The van der Waals surface area contributed by atoms with Gasteiger partial charge < -0.3 is 10.1 Å². The Balaban J connectivity index is 1.49. The summed E-state index contributed by atoms with van der Waals surface area (Å²) in [5, 5.41) is 10.3. The summed E-state index contributed by atoms with van der Waals surface area (Å²) in [7, 11) is 1.57. The lowest BCUT2D eigenvalue weighted by atomic mass is 10.2. The van der Waals surface area contributed by atoms with Gasteiger partial charge in [0.15, 0.2) is 0 Å². The summed E-state index contributed by atoms with van der Waals surface area (Å²) in [6.07, 6.45) is 0. The van der Waals surface area contributed by atoms with Crippen molar-refractivity contribution in [2.24, 2.45) is 0 Å². The zero-order chi connectivity index (χ0) is 18.4. The number of amides is 1. The first-order chi connectivity index (χ1) is 12.6. The van der Waals surface area contributed by atoms with Crippen LogP contribution in [0.4, 0.5) is 4.39 Å². The fourth-order valence-electron chi connectivity index (χ4n) is 2.16. The van der Waals surface area contributed by atoms with E-state index in [9.17, 15) is 9.18 Å². The monoisotopic (exact) mass is 372 g/mol. The van der Waals surface area contributed by atoms with Gasteiger partial charge in [-0.05, 0) is 42.0 Å². The molecule has 1 heterocycles. The van der Waals surface area contributed by atoms with Crippen LogP contribution in [-0.4, -0.2) is 28.2 Å². The molecule has 0 spiro atoms. The van der Waals surface area contributed by atoms with Crippen LogP contribution in [0.2, 0.25) is 0 Å². The van der Waals surface area contributed by atoms with E-state index in [4.69, 9.17) is 4.74 Å². The van der Waals surface area contributed by atoms with Crippen molar-refractivity contribution in [3.63, 3.8) is 0 Å². The van der Waals surface area contributed by atoms with E-state index in [1.165, 1.54) is 23.9 Å². The average Bonchev–Trinajstić information content (AvgIpc) is 3.13. The zero-order valence-corrected chi connectivity index (χ0v) is 14.8. The van der Waals surface area contributed by atoms with Crippen LogP contribution in [0.1, 0.15) is 21.7 Å². The topological polar surface area (TPSA) is 79.9 Å². The van der Waals surface area contributed by atoms with Gasteiger partial charge in [0.2, 0.25) is 5.16 Å². The van der Waals surface area contributed by atoms with Crippen molar-refractivity contribution >= 4 is 17.7 Å². The van der Waals surface area contributed by atoms with Crippen LogP contribution < -0.4 is 10.1 Å². The summed E-state index contributed by atoms with van der Waals surface area (Å²) in [5.41, 5.74) is 1.52. The molecule has 3 aromatic rings. The van der Waals surface area contributed by atoms with Gasteiger partial charge in [-0.2, -0.15) is 0 Å². The molecule has 0 saturated heterocycles. The van der Waals surface area contributed by atoms with Crippen molar-refractivity contribution in [3.05, 3.63) is 71.3 Å². The van der Waals surface area contributed by atoms with Gasteiger partial charge in [-0.3, -0.25) is 9.89 Å². The number of benzene rings is 2. The van der Waals surface area contributed by atoms with E-state index in [0.717, 1.165) is 5.56 Å². The van der Waals surface area contributed by atoms with Gasteiger partial charge in [-0.15, -0.1) is 5.10 Å². The summed E-state index contributed by atoms with van der Waals surface area (Å²) >= 11 is 1.43. The second kappa shape index (κ2) is 8.48. The maximum Gasteiger partial charge on any atom is 0.251 e. The lowest BCUT2D eigenvalue weighted by Gasteiger charge is -2.04. The molecule has 2 N–H and O–H groups in total. The molecule has 6 nitrogen and oxygen atoms in total. The van der Waals surface area contributed by atoms with Gasteiger partial charge in [-0.25, -0.2) is 9.37 Å². The Bertz CT molecular complexity index is 866. The van der Waals surface area contributed by atoms with Crippen LogP contribution in [0.25, 0.3) is 0 Å². The fraction of sp³-hybridized carbons (Fsp3) is 0.167. The van der Waals surface area contributed by atoms with Crippen LogP contribution in [-0.2, 0) is 12.3 Å². The Morgan fingerprint density at radius 2 is 1.92 bits per heavy atom. The van der Waals surface area contributed by atoms with E-state index in [0.29, 0.717) is 28.0 Å². The highest BCUT2D eigenvalue weighted by Gasteiger charge is 2.08. The first-order valence-corrected chi connectivity index (χ1v) is 8.83. The SMILES string of the molecule is COc1ccc(C(=O)NCc2nc(SCc3ccc(F)cc3)n[nH]2)cc1. The third-order valence-electron chi connectivity index (χ3n) is 3.56. The van der Waals surface area contributed by atoms with E-state index in [1.54, 1.807) is 43.5 Å². The first-order valence-electron chi connectivity index (χ1n) is 7.85. The predicted octanol–water partition coefficient (Wildman–Crippen LogP) is 3.17. The molecule has 0 bridgehead atoms. The maximum absolute atomic E-state index is 12.9. The van der Waals surface area contributed by atoms with E-state index in [1.807, 2.05) is 0 Å². The number of hydrogen-bond acceptors (Lipinski definition) is 5. The quantitative estimate of drug-likeness (QED) is 0.623. The number of aromatic nitrogens is 3. The van der Waals surface area contributed by atoms with Crippen LogP contribution in [0.3, 0.4) is 0 Å². The van der Waals surface area contributed by atoms with E-state index in [2.05, 4.69) is 20.5 Å². The largest absolute Gasteiger partial charge is 0.497 e. The molecule has 8 heteroatoms. The van der Waals surface area contributed by atoms with Crippen molar-refractivity contribution in [1.82, 2.24) is 20.5 Å². The average molecular weight is 372 g/mol. The van der Waals surface area contributed by atoms with Crippen molar-refractivity contribution in [3.8, 4) is 5.75 Å². The second-order valence-corrected chi connectivity index (χ2v) is 6.33. The molecular weight excluding hydrogens is 355 g/mol. The Morgan fingerprint density at radius 1 is 1.19 bits per heavy atom. The lowest BCUT2D eigenvalue weighted by Crippen LogP contribution is -2.23. The summed E-state index contributed by atoms with van der Waals surface area (Å²) in [6, 6.07) is 13.1. The number of carbonyl (C=O) groups excluding carboxylic acids is 1. The standard InChI is InChI=1S/C18H17FN4O2S/c1-25-15-8-4-13(5-9-15)17(24)20-10-16-21-18(23-22-16)26-11-12-2-6-14(19)7-3-12/h2-9H,10-11H2,1H3,(H,20,24)(H,21,22,23). The molecule has 134 valence electrons. The summed E-state index contributed by atoms with van der Waals surface area (Å²) in [6.45, 7) is 0.245. The molecule has 3 rings (SSSR count). The van der Waals surface area contributed by atoms with Gasteiger partial charge in [-0.1, -0.05) is 23.9 Å². The van der Waals surface area contributed by atoms with Crippen molar-refractivity contribution in [2.75, 3.05) is 7.11 Å². The maximum atomic E-state index is 12.9. The first kappa shape index (κ1) is 17.9. The fourth-order valence-corrected chi connectivity index (χ4v) is 2.93. The minimum Gasteiger partial charge on any atom is -0.497 e.